The van der Waals surface area contributed by atoms with Gasteiger partial charge in [0.2, 0.25) is 5.91 Å². The minimum Gasteiger partial charge on any atom is -0.273 e. The Morgan fingerprint density at radius 2 is 2.10 bits per heavy atom. The Morgan fingerprint density at radius 1 is 1.35 bits per heavy atom. The van der Waals surface area contributed by atoms with E-state index < -0.39 is 9.84 Å². The zero-order valence-corrected chi connectivity index (χ0v) is 12.2. The highest BCUT2D eigenvalue weighted by molar-refractivity contribution is 7.91. The summed E-state index contributed by atoms with van der Waals surface area (Å²) in [5.41, 5.74) is 3.56. The van der Waals surface area contributed by atoms with E-state index in [1.54, 1.807) is 12.1 Å². The first-order chi connectivity index (χ1) is 9.47. The molecule has 1 heterocycles. The van der Waals surface area contributed by atoms with E-state index in [2.05, 4.69) is 10.5 Å². The summed E-state index contributed by atoms with van der Waals surface area (Å²) < 4.78 is 24.0. The van der Waals surface area contributed by atoms with Crippen LogP contribution in [0.4, 0.5) is 0 Å². The van der Waals surface area contributed by atoms with Crippen LogP contribution in [-0.4, -0.2) is 25.8 Å². The molecule has 1 aromatic rings. The van der Waals surface area contributed by atoms with Gasteiger partial charge in [0.15, 0.2) is 9.84 Å². The smallest absolute Gasteiger partial charge is 0.243 e. The van der Waals surface area contributed by atoms with Crippen molar-refractivity contribution in [1.82, 2.24) is 5.43 Å². The zero-order chi connectivity index (χ0) is 14.3. The van der Waals surface area contributed by atoms with Crippen molar-refractivity contribution in [2.45, 2.75) is 24.2 Å². The number of nitrogens with one attached hydrogen (secondary N) is 1. The summed E-state index contributed by atoms with van der Waals surface area (Å²) >= 11 is 5.92. The molecule has 1 N–H and O–H groups in total. The van der Waals surface area contributed by atoms with Crippen LogP contribution in [-0.2, 0) is 14.6 Å². The molecule has 1 fully saturated rings. The van der Waals surface area contributed by atoms with Gasteiger partial charge in [-0.05, 0) is 31.0 Å². The molecule has 5 nitrogen and oxygen atoms in total. The van der Waals surface area contributed by atoms with Gasteiger partial charge in [-0.2, -0.15) is 5.10 Å². The van der Waals surface area contributed by atoms with Gasteiger partial charge in [0, 0.05) is 22.9 Å². The van der Waals surface area contributed by atoms with E-state index in [1.165, 1.54) is 6.07 Å². The molecule has 3 rings (SSSR count). The predicted octanol–water partition coefficient (Wildman–Crippen LogP) is 1.75. The third-order valence-electron chi connectivity index (χ3n) is 3.44. The van der Waals surface area contributed by atoms with Gasteiger partial charge in [0.25, 0.3) is 0 Å². The molecule has 0 radical (unpaired) electrons. The Morgan fingerprint density at radius 3 is 2.80 bits per heavy atom. The lowest BCUT2D eigenvalue weighted by Gasteiger charge is -2.18. The van der Waals surface area contributed by atoms with E-state index in [4.69, 9.17) is 11.6 Å². The topological polar surface area (TPSA) is 75.6 Å². The fraction of sp³-hybridized carbons (Fsp3) is 0.385. The molecule has 1 saturated carbocycles. The largest absolute Gasteiger partial charge is 0.273 e. The van der Waals surface area contributed by atoms with Crippen molar-refractivity contribution in [1.29, 1.82) is 0 Å². The maximum absolute atomic E-state index is 12.0. The minimum absolute atomic E-state index is 0.000233. The summed E-state index contributed by atoms with van der Waals surface area (Å²) in [6.45, 7) is 0. The first-order valence-electron chi connectivity index (χ1n) is 6.36. The Bertz CT molecular complexity index is 708. The minimum atomic E-state index is -3.29. The maximum Gasteiger partial charge on any atom is 0.243 e. The lowest BCUT2D eigenvalue weighted by atomic mass is 10.1. The van der Waals surface area contributed by atoms with Crippen LogP contribution in [0.5, 0.6) is 0 Å². The number of nitrogens with zero attached hydrogens (tertiary/aromatic N) is 1. The number of hydrogen-bond donors (Lipinski definition) is 1. The van der Waals surface area contributed by atoms with Gasteiger partial charge in [-0.1, -0.05) is 11.6 Å². The van der Waals surface area contributed by atoms with Crippen molar-refractivity contribution in [3.05, 3.63) is 28.8 Å². The number of amides is 1. The van der Waals surface area contributed by atoms with Crippen LogP contribution in [0.3, 0.4) is 0 Å². The lowest BCUT2D eigenvalue weighted by molar-refractivity contribution is -0.122. The first kappa shape index (κ1) is 13.6. The molecule has 7 heteroatoms. The van der Waals surface area contributed by atoms with Crippen molar-refractivity contribution in [2.24, 2.45) is 11.0 Å². The molecular weight excluding hydrogens is 300 g/mol. The van der Waals surface area contributed by atoms with E-state index in [-0.39, 0.29) is 28.9 Å². The first-order valence-corrected chi connectivity index (χ1v) is 8.39. The number of hydrogen-bond acceptors (Lipinski definition) is 4. The van der Waals surface area contributed by atoms with Crippen molar-refractivity contribution in [3.63, 3.8) is 0 Å². The van der Waals surface area contributed by atoms with Gasteiger partial charge in [0.1, 0.15) is 0 Å². The van der Waals surface area contributed by atoms with Gasteiger partial charge < -0.3 is 0 Å². The molecule has 0 spiro atoms. The van der Waals surface area contributed by atoms with Crippen LogP contribution in [0.15, 0.2) is 28.2 Å². The predicted molar refractivity (Wildman–Crippen MR) is 75.5 cm³/mol. The van der Waals surface area contributed by atoms with E-state index in [0.29, 0.717) is 16.3 Å². The fourth-order valence-corrected chi connectivity index (χ4v) is 3.79. The van der Waals surface area contributed by atoms with Gasteiger partial charge in [0.05, 0.1) is 16.4 Å². The van der Waals surface area contributed by atoms with Crippen LogP contribution in [0.2, 0.25) is 5.02 Å². The average Bonchev–Trinajstić information content (AvgIpc) is 3.21. The van der Waals surface area contributed by atoms with E-state index in [9.17, 15) is 13.2 Å². The molecule has 1 aromatic carbocycles. The third-order valence-corrected chi connectivity index (χ3v) is 5.45. The van der Waals surface area contributed by atoms with Crippen LogP contribution < -0.4 is 5.43 Å². The van der Waals surface area contributed by atoms with Crippen molar-refractivity contribution < 1.29 is 13.2 Å². The normalized spacial score (nSPS) is 22.4. The SMILES string of the molecule is O=C(NN=C1CCS(=O)(=O)c2ccc(Cl)cc21)C1CC1. The molecule has 0 atom stereocenters. The second kappa shape index (κ2) is 4.86. The molecule has 20 heavy (non-hydrogen) atoms. The monoisotopic (exact) mass is 312 g/mol. The number of hydrazone groups is 1. The molecule has 0 unspecified atom stereocenters. The van der Waals surface area contributed by atoms with Crippen LogP contribution in [0.25, 0.3) is 0 Å². The van der Waals surface area contributed by atoms with Gasteiger partial charge in [-0.3, -0.25) is 4.79 Å². The molecule has 1 amide bonds. The highest BCUT2D eigenvalue weighted by atomic mass is 35.5. The van der Waals surface area contributed by atoms with Crippen molar-refractivity contribution in [3.8, 4) is 0 Å². The highest BCUT2D eigenvalue weighted by Crippen LogP contribution is 2.30. The average molecular weight is 313 g/mol. The summed E-state index contributed by atoms with van der Waals surface area (Å²) in [7, 11) is -3.29. The summed E-state index contributed by atoms with van der Waals surface area (Å²) in [6, 6.07) is 4.61. The van der Waals surface area contributed by atoms with Crippen LogP contribution in [0, 0.1) is 5.92 Å². The molecule has 2 aliphatic rings. The van der Waals surface area contributed by atoms with Gasteiger partial charge in [-0.25, -0.2) is 13.8 Å². The number of sulfone groups is 1. The number of halogens is 1. The number of rotatable bonds is 2. The molecule has 0 bridgehead atoms. The summed E-state index contributed by atoms with van der Waals surface area (Å²) in [5, 5.41) is 4.53. The second-order valence-corrected chi connectivity index (χ2v) is 7.53. The van der Waals surface area contributed by atoms with Crippen LogP contribution in [0.1, 0.15) is 24.8 Å². The molecule has 1 aliphatic heterocycles. The molecule has 0 aromatic heterocycles. The summed E-state index contributed by atoms with van der Waals surface area (Å²) in [6.07, 6.45) is 2.07. The molecule has 0 saturated heterocycles. The summed E-state index contributed by atoms with van der Waals surface area (Å²) in [5.74, 6) is -0.0419. The van der Waals surface area contributed by atoms with Crippen molar-refractivity contribution in [2.75, 3.05) is 5.75 Å². The van der Waals surface area contributed by atoms with Crippen LogP contribution >= 0.6 is 11.6 Å². The third kappa shape index (κ3) is 2.58. The second-order valence-electron chi connectivity index (χ2n) is 5.02. The molecule has 1 aliphatic carbocycles. The Labute approximate surface area is 121 Å². The van der Waals surface area contributed by atoms with E-state index in [1.807, 2.05) is 0 Å². The van der Waals surface area contributed by atoms with E-state index >= 15 is 0 Å². The number of carbonyl (C=O) groups is 1. The number of fused-ring (bicyclic) bond motifs is 1. The quantitative estimate of drug-likeness (QED) is 0.845. The Hall–Kier alpha value is -1.40. The highest BCUT2D eigenvalue weighted by Gasteiger charge is 2.31. The summed E-state index contributed by atoms with van der Waals surface area (Å²) in [4.78, 5) is 11.8. The van der Waals surface area contributed by atoms with Crippen molar-refractivity contribution >= 4 is 33.1 Å². The lowest BCUT2D eigenvalue weighted by Crippen LogP contribution is -2.26. The zero-order valence-electron chi connectivity index (χ0n) is 10.6. The Balaban J connectivity index is 1.96. The van der Waals surface area contributed by atoms with Gasteiger partial charge >= 0.3 is 0 Å². The molecular formula is C13H13ClN2O3S. The number of carbonyl (C=O) groups excluding carboxylic acids is 1. The standard InChI is InChI=1S/C13H13ClN2O3S/c14-9-3-4-12-10(7-9)11(5-6-20(12,18)19)15-16-13(17)8-1-2-8/h3-4,7-8H,1-2,5-6H2,(H,16,17). The van der Waals surface area contributed by atoms with Gasteiger partial charge in [-0.15, -0.1) is 0 Å². The Kier molecular flexibility index (Phi) is 3.30. The molecule has 106 valence electrons. The maximum atomic E-state index is 12.0. The fourth-order valence-electron chi connectivity index (χ4n) is 2.15. The number of benzene rings is 1. The van der Waals surface area contributed by atoms with E-state index in [0.717, 1.165) is 12.8 Å².